The third-order valence-corrected chi connectivity index (χ3v) is 3.12. The van der Waals surface area contributed by atoms with Gasteiger partial charge in [-0.3, -0.25) is 4.99 Å². The number of thioether (sulfide) groups is 1. The molecule has 1 aliphatic heterocycles. The third kappa shape index (κ3) is 2.02. The van der Waals surface area contributed by atoms with Crippen molar-refractivity contribution in [2.24, 2.45) is 4.99 Å². The molecule has 1 aromatic carbocycles. The minimum atomic E-state index is -0.964. The highest BCUT2D eigenvalue weighted by molar-refractivity contribution is 8.14. The number of benzene rings is 1. The van der Waals surface area contributed by atoms with Gasteiger partial charge in [-0.05, 0) is 12.1 Å². The van der Waals surface area contributed by atoms with Crippen molar-refractivity contribution >= 4 is 22.8 Å². The molecule has 78 valence electrons. The summed E-state index contributed by atoms with van der Waals surface area (Å²) in [6.45, 7) is 0. The lowest BCUT2D eigenvalue weighted by Gasteiger charge is -1.99. The second-order valence-electron chi connectivity index (χ2n) is 3.08. The minimum Gasteiger partial charge on any atom is -0.480 e. The standard InChI is InChI=1S/C10H8FNO2S/c11-7-4-2-1-3-6(7)9-12-8(5-15-9)10(13)14/h1-4,8H,5H2,(H,13,14)/t8-/m0/s1. The molecular formula is C10H8FNO2S. The number of carboxylic acids is 1. The molecule has 3 nitrogen and oxygen atoms in total. The van der Waals surface area contributed by atoms with Gasteiger partial charge in [0.25, 0.3) is 0 Å². The number of nitrogens with zero attached hydrogens (tertiary/aromatic N) is 1. The monoisotopic (exact) mass is 225 g/mol. The summed E-state index contributed by atoms with van der Waals surface area (Å²) in [5.41, 5.74) is 0.381. The van der Waals surface area contributed by atoms with Gasteiger partial charge in [-0.2, -0.15) is 0 Å². The van der Waals surface area contributed by atoms with Gasteiger partial charge in [0.2, 0.25) is 0 Å². The van der Waals surface area contributed by atoms with Gasteiger partial charge in [0.15, 0.2) is 6.04 Å². The Bertz CT molecular complexity index is 433. The fraction of sp³-hybridized carbons (Fsp3) is 0.200. The van der Waals surface area contributed by atoms with Crippen LogP contribution in [0.5, 0.6) is 0 Å². The molecule has 0 saturated carbocycles. The van der Waals surface area contributed by atoms with E-state index in [0.29, 0.717) is 16.4 Å². The fourth-order valence-corrected chi connectivity index (χ4v) is 2.34. The summed E-state index contributed by atoms with van der Waals surface area (Å²) < 4.78 is 13.3. The van der Waals surface area contributed by atoms with Gasteiger partial charge in [0.1, 0.15) is 10.9 Å². The second-order valence-corrected chi connectivity index (χ2v) is 4.09. The molecule has 0 amide bonds. The van der Waals surface area contributed by atoms with Gasteiger partial charge in [0.05, 0.1) is 0 Å². The van der Waals surface area contributed by atoms with E-state index < -0.39 is 12.0 Å². The predicted octanol–water partition coefficient (Wildman–Crippen LogP) is 1.77. The normalized spacial score (nSPS) is 20.1. The highest BCUT2D eigenvalue weighted by atomic mass is 32.2. The molecule has 1 aliphatic rings. The fourth-order valence-electron chi connectivity index (χ4n) is 1.28. The summed E-state index contributed by atoms with van der Waals surface area (Å²) in [6, 6.07) is 5.49. The SMILES string of the molecule is O=C(O)[C@@H]1CSC(c2ccccc2F)=N1. The second kappa shape index (κ2) is 4.02. The average Bonchev–Trinajstić information content (AvgIpc) is 2.67. The van der Waals surface area contributed by atoms with Crippen LogP contribution in [-0.2, 0) is 4.79 Å². The molecule has 2 rings (SSSR count). The summed E-state index contributed by atoms with van der Waals surface area (Å²) >= 11 is 1.28. The molecular weight excluding hydrogens is 217 g/mol. The van der Waals surface area contributed by atoms with Crippen molar-refractivity contribution in [3.8, 4) is 0 Å². The van der Waals surface area contributed by atoms with Crippen molar-refractivity contribution in [2.75, 3.05) is 5.75 Å². The van der Waals surface area contributed by atoms with Gasteiger partial charge < -0.3 is 5.11 Å². The summed E-state index contributed by atoms with van der Waals surface area (Å²) in [7, 11) is 0. The Morgan fingerprint density at radius 3 is 2.87 bits per heavy atom. The van der Waals surface area contributed by atoms with Crippen LogP contribution in [0.2, 0.25) is 0 Å². The highest BCUT2D eigenvalue weighted by Crippen LogP contribution is 2.24. The van der Waals surface area contributed by atoms with Crippen LogP contribution in [-0.4, -0.2) is 27.9 Å². The lowest BCUT2D eigenvalue weighted by molar-refractivity contribution is -0.137. The number of carbonyl (C=O) groups is 1. The Hall–Kier alpha value is -1.36. The number of aliphatic carboxylic acids is 1. The smallest absolute Gasteiger partial charge is 0.329 e. The van der Waals surface area contributed by atoms with Gasteiger partial charge in [0, 0.05) is 11.3 Å². The first kappa shape index (κ1) is 10.2. The van der Waals surface area contributed by atoms with Crippen molar-refractivity contribution < 1.29 is 14.3 Å². The Balaban J connectivity index is 2.30. The van der Waals surface area contributed by atoms with Crippen LogP contribution in [0.1, 0.15) is 5.56 Å². The van der Waals surface area contributed by atoms with Crippen molar-refractivity contribution in [2.45, 2.75) is 6.04 Å². The maximum atomic E-state index is 13.3. The molecule has 0 unspecified atom stereocenters. The first-order valence-electron chi connectivity index (χ1n) is 4.37. The molecule has 0 saturated heterocycles. The van der Waals surface area contributed by atoms with Gasteiger partial charge >= 0.3 is 5.97 Å². The first-order chi connectivity index (χ1) is 7.18. The molecule has 0 radical (unpaired) electrons. The van der Waals surface area contributed by atoms with Crippen LogP contribution in [0.15, 0.2) is 29.3 Å². The van der Waals surface area contributed by atoms with Crippen LogP contribution >= 0.6 is 11.8 Å². The van der Waals surface area contributed by atoms with Crippen LogP contribution in [0.25, 0.3) is 0 Å². The molecule has 0 bridgehead atoms. The largest absolute Gasteiger partial charge is 0.480 e. The first-order valence-corrected chi connectivity index (χ1v) is 5.35. The number of hydrogen-bond donors (Lipinski definition) is 1. The molecule has 1 atom stereocenters. The quantitative estimate of drug-likeness (QED) is 0.834. The number of halogens is 1. The number of rotatable bonds is 2. The summed E-state index contributed by atoms with van der Waals surface area (Å²) in [5, 5.41) is 9.21. The van der Waals surface area contributed by atoms with E-state index in [2.05, 4.69) is 4.99 Å². The maximum Gasteiger partial charge on any atom is 0.329 e. The van der Waals surface area contributed by atoms with E-state index >= 15 is 0 Å². The van der Waals surface area contributed by atoms with E-state index in [1.54, 1.807) is 18.2 Å². The summed E-state index contributed by atoms with van der Waals surface area (Å²) in [4.78, 5) is 14.6. The Morgan fingerprint density at radius 1 is 1.53 bits per heavy atom. The lowest BCUT2D eigenvalue weighted by Crippen LogP contribution is -2.17. The third-order valence-electron chi connectivity index (χ3n) is 2.04. The predicted molar refractivity (Wildman–Crippen MR) is 56.8 cm³/mol. The maximum absolute atomic E-state index is 13.3. The van der Waals surface area contributed by atoms with Crippen molar-refractivity contribution in [3.05, 3.63) is 35.6 Å². The van der Waals surface area contributed by atoms with Crippen molar-refractivity contribution in [3.63, 3.8) is 0 Å². The average molecular weight is 225 g/mol. The van der Waals surface area contributed by atoms with Crippen molar-refractivity contribution in [1.29, 1.82) is 0 Å². The molecule has 1 aromatic rings. The van der Waals surface area contributed by atoms with Crippen molar-refractivity contribution in [1.82, 2.24) is 0 Å². The van der Waals surface area contributed by atoms with E-state index in [1.165, 1.54) is 17.8 Å². The molecule has 0 aliphatic carbocycles. The number of carboxylic acid groups (broad SMARTS) is 1. The van der Waals surface area contributed by atoms with Crippen LogP contribution < -0.4 is 0 Å². The van der Waals surface area contributed by atoms with Crippen LogP contribution in [0, 0.1) is 5.82 Å². The van der Waals surface area contributed by atoms with Crippen LogP contribution in [0.3, 0.4) is 0 Å². The van der Waals surface area contributed by atoms with E-state index in [4.69, 9.17) is 5.11 Å². The van der Waals surface area contributed by atoms with Gasteiger partial charge in [-0.1, -0.05) is 12.1 Å². The van der Waals surface area contributed by atoms with E-state index in [9.17, 15) is 9.18 Å². The topological polar surface area (TPSA) is 49.7 Å². The molecule has 5 heteroatoms. The van der Waals surface area contributed by atoms with Crippen LogP contribution in [0.4, 0.5) is 4.39 Å². The summed E-state index contributed by atoms with van der Waals surface area (Å²) in [5.74, 6) is -0.956. The Kier molecular flexibility index (Phi) is 2.73. The zero-order chi connectivity index (χ0) is 10.8. The molecule has 0 fully saturated rings. The molecule has 1 heterocycles. The van der Waals surface area contributed by atoms with E-state index in [0.717, 1.165) is 0 Å². The lowest BCUT2D eigenvalue weighted by atomic mass is 10.2. The molecule has 15 heavy (non-hydrogen) atoms. The molecule has 1 N–H and O–H groups in total. The Labute approximate surface area is 90.0 Å². The molecule has 0 spiro atoms. The highest BCUT2D eigenvalue weighted by Gasteiger charge is 2.26. The molecule has 0 aromatic heterocycles. The van der Waals surface area contributed by atoms with Gasteiger partial charge in [-0.25, -0.2) is 9.18 Å². The zero-order valence-electron chi connectivity index (χ0n) is 7.68. The number of hydrogen-bond acceptors (Lipinski definition) is 3. The zero-order valence-corrected chi connectivity index (χ0v) is 8.50. The van der Waals surface area contributed by atoms with E-state index in [-0.39, 0.29) is 5.82 Å². The Morgan fingerprint density at radius 2 is 2.27 bits per heavy atom. The summed E-state index contributed by atoms with van der Waals surface area (Å²) in [6.07, 6.45) is 0. The van der Waals surface area contributed by atoms with Gasteiger partial charge in [-0.15, -0.1) is 11.8 Å². The van der Waals surface area contributed by atoms with E-state index in [1.807, 2.05) is 0 Å². The number of aliphatic imine (C=N–C) groups is 1. The minimum absolute atomic E-state index is 0.366.